The first-order chi connectivity index (χ1) is 9.49. The van der Waals surface area contributed by atoms with E-state index in [9.17, 15) is 9.59 Å². The number of aliphatic carboxylic acids is 1. The second kappa shape index (κ2) is 5.64. The largest absolute Gasteiger partial charge is 0.481 e. The van der Waals surface area contributed by atoms with Gasteiger partial charge in [-0.2, -0.15) is 0 Å². The molecule has 0 radical (unpaired) electrons. The molecule has 1 amide bonds. The van der Waals surface area contributed by atoms with Crippen LogP contribution >= 0.6 is 0 Å². The minimum Gasteiger partial charge on any atom is -0.481 e. The van der Waals surface area contributed by atoms with Crippen LogP contribution in [0.15, 0.2) is 33.5 Å². The summed E-state index contributed by atoms with van der Waals surface area (Å²) in [5, 5.41) is 8.83. The van der Waals surface area contributed by atoms with E-state index in [4.69, 9.17) is 13.9 Å². The van der Waals surface area contributed by atoms with Crippen molar-refractivity contribution < 1.29 is 23.5 Å². The minimum absolute atomic E-state index is 0.172. The standard InChI is InChI=1S/C14H15NO5/c1-9-8-20-11(6-12(16)17)13(9)14(18)15(2)7-10-4-3-5-19-10/h3-5,8H,6-7H2,1-2H3,(H,16,17). The molecule has 0 aliphatic heterocycles. The van der Waals surface area contributed by atoms with Gasteiger partial charge in [-0.3, -0.25) is 9.59 Å². The number of aryl methyl sites for hydroxylation is 1. The molecular formula is C14H15NO5. The van der Waals surface area contributed by atoms with Gasteiger partial charge in [0.2, 0.25) is 0 Å². The Morgan fingerprint density at radius 1 is 1.35 bits per heavy atom. The van der Waals surface area contributed by atoms with Crippen molar-refractivity contribution >= 4 is 11.9 Å². The van der Waals surface area contributed by atoms with Crippen LogP contribution in [-0.2, 0) is 17.8 Å². The van der Waals surface area contributed by atoms with Gasteiger partial charge < -0.3 is 18.8 Å². The van der Waals surface area contributed by atoms with Crippen molar-refractivity contribution in [3.05, 3.63) is 47.3 Å². The first kappa shape index (κ1) is 13.9. The molecule has 0 aliphatic rings. The van der Waals surface area contributed by atoms with Crippen molar-refractivity contribution in [1.82, 2.24) is 4.90 Å². The van der Waals surface area contributed by atoms with Crippen molar-refractivity contribution in [3.63, 3.8) is 0 Å². The fourth-order valence-corrected chi connectivity index (χ4v) is 1.95. The summed E-state index contributed by atoms with van der Waals surface area (Å²) in [6.07, 6.45) is 2.61. The average Bonchev–Trinajstić information content (AvgIpc) is 2.98. The van der Waals surface area contributed by atoms with E-state index in [0.29, 0.717) is 23.4 Å². The second-order valence-electron chi connectivity index (χ2n) is 4.53. The van der Waals surface area contributed by atoms with Crippen molar-refractivity contribution in [2.75, 3.05) is 7.05 Å². The van der Waals surface area contributed by atoms with Crippen molar-refractivity contribution in [1.29, 1.82) is 0 Å². The minimum atomic E-state index is -1.04. The Balaban J connectivity index is 2.19. The summed E-state index contributed by atoms with van der Waals surface area (Å²) in [7, 11) is 1.63. The van der Waals surface area contributed by atoms with Crippen LogP contribution in [0.25, 0.3) is 0 Å². The van der Waals surface area contributed by atoms with Crippen molar-refractivity contribution in [2.24, 2.45) is 0 Å². The maximum Gasteiger partial charge on any atom is 0.311 e. The highest BCUT2D eigenvalue weighted by Crippen LogP contribution is 2.20. The van der Waals surface area contributed by atoms with Crippen LogP contribution < -0.4 is 0 Å². The van der Waals surface area contributed by atoms with E-state index in [-0.39, 0.29) is 18.1 Å². The lowest BCUT2D eigenvalue weighted by atomic mass is 10.1. The zero-order chi connectivity index (χ0) is 14.7. The number of carbonyl (C=O) groups excluding carboxylic acids is 1. The quantitative estimate of drug-likeness (QED) is 0.904. The molecule has 0 aliphatic carbocycles. The van der Waals surface area contributed by atoms with Crippen LogP contribution in [0.3, 0.4) is 0 Å². The lowest BCUT2D eigenvalue weighted by Crippen LogP contribution is -2.27. The molecule has 0 fully saturated rings. The Bertz CT molecular complexity index is 612. The number of hydrogen-bond acceptors (Lipinski definition) is 4. The maximum atomic E-state index is 12.4. The summed E-state index contributed by atoms with van der Waals surface area (Å²) in [5.74, 6) is -0.501. The number of rotatable bonds is 5. The molecule has 0 bridgehead atoms. The van der Waals surface area contributed by atoms with E-state index < -0.39 is 5.97 Å². The van der Waals surface area contributed by atoms with Gasteiger partial charge in [0.1, 0.15) is 17.9 Å². The molecule has 6 nitrogen and oxygen atoms in total. The molecule has 0 saturated heterocycles. The van der Waals surface area contributed by atoms with Gasteiger partial charge in [0, 0.05) is 12.6 Å². The lowest BCUT2D eigenvalue weighted by molar-refractivity contribution is -0.136. The van der Waals surface area contributed by atoms with Crippen LogP contribution in [-0.4, -0.2) is 28.9 Å². The lowest BCUT2D eigenvalue weighted by Gasteiger charge is -2.16. The highest BCUT2D eigenvalue weighted by molar-refractivity contribution is 5.97. The van der Waals surface area contributed by atoms with Crippen molar-refractivity contribution in [3.8, 4) is 0 Å². The van der Waals surface area contributed by atoms with Gasteiger partial charge in [-0.05, 0) is 19.1 Å². The SMILES string of the molecule is Cc1coc(CC(=O)O)c1C(=O)N(C)Cc1ccco1. The third-order valence-electron chi connectivity index (χ3n) is 2.90. The molecule has 2 heterocycles. The Morgan fingerprint density at radius 3 is 2.70 bits per heavy atom. The van der Waals surface area contributed by atoms with Crippen LogP contribution in [0.2, 0.25) is 0 Å². The maximum absolute atomic E-state index is 12.4. The number of carboxylic acids is 1. The third kappa shape index (κ3) is 2.90. The van der Waals surface area contributed by atoms with E-state index in [1.165, 1.54) is 17.4 Å². The predicted octanol–water partition coefficient (Wildman–Crippen LogP) is 2.08. The number of furan rings is 2. The molecule has 0 aromatic carbocycles. The predicted molar refractivity (Wildman–Crippen MR) is 69.3 cm³/mol. The molecule has 0 spiro atoms. The summed E-state index contributed by atoms with van der Waals surface area (Å²) in [4.78, 5) is 24.6. The summed E-state index contributed by atoms with van der Waals surface area (Å²) in [5.41, 5.74) is 0.930. The van der Waals surface area contributed by atoms with Gasteiger partial charge in [-0.25, -0.2) is 0 Å². The fraction of sp³-hybridized carbons (Fsp3) is 0.286. The van der Waals surface area contributed by atoms with Gasteiger partial charge in [0.25, 0.3) is 5.91 Å². The van der Waals surface area contributed by atoms with E-state index in [2.05, 4.69) is 0 Å². The average molecular weight is 277 g/mol. The zero-order valence-electron chi connectivity index (χ0n) is 11.3. The molecule has 0 atom stereocenters. The molecule has 6 heteroatoms. The van der Waals surface area contributed by atoms with E-state index in [1.54, 1.807) is 26.1 Å². The molecule has 2 rings (SSSR count). The van der Waals surface area contributed by atoms with Gasteiger partial charge in [-0.15, -0.1) is 0 Å². The molecule has 106 valence electrons. The van der Waals surface area contributed by atoms with E-state index in [1.807, 2.05) is 0 Å². The Kier molecular flexibility index (Phi) is 3.93. The molecule has 2 aromatic heterocycles. The molecule has 0 unspecified atom stereocenters. The van der Waals surface area contributed by atoms with E-state index in [0.717, 1.165) is 0 Å². The topological polar surface area (TPSA) is 83.9 Å². The smallest absolute Gasteiger partial charge is 0.311 e. The highest BCUT2D eigenvalue weighted by atomic mass is 16.4. The van der Waals surface area contributed by atoms with Crippen LogP contribution in [0.1, 0.15) is 27.4 Å². The van der Waals surface area contributed by atoms with Gasteiger partial charge in [0.05, 0.1) is 24.6 Å². The summed E-state index contributed by atoms with van der Waals surface area (Å²) >= 11 is 0. The van der Waals surface area contributed by atoms with Gasteiger partial charge in [0.15, 0.2) is 0 Å². The molecule has 2 aromatic rings. The summed E-state index contributed by atoms with van der Waals surface area (Å²) in [6.45, 7) is 2.02. The molecular weight excluding hydrogens is 262 g/mol. The number of carbonyl (C=O) groups is 2. The number of nitrogens with zero attached hydrogens (tertiary/aromatic N) is 1. The van der Waals surface area contributed by atoms with Crippen molar-refractivity contribution in [2.45, 2.75) is 19.9 Å². The molecule has 0 saturated carbocycles. The first-order valence-corrected chi connectivity index (χ1v) is 6.05. The number of carboxylic acid groups (broad SMARTS) is 1. The first-order valence-electron chi connectivity index (χ1n) is 6.05. The number of amides is 1. The normalized spacial score (nSPS) is 10.5. The second-order valence-corrected chi connectivity index (χ2v) is 4.53. The zero-order valence-corrected chi connectivity index (χ0v) is 11.3. The Morgan fingerprint density at radius 2 is 2.10 bits per heavy atom. The number of hydrogen-bond donors (Lipinski definition) is 1. The fourth-order valence-electron chi connectivity index (χ4n) is 1.95. The van der Waals surface area contributed by atoms with E-state index >= 15 is 0 Å². The third-order valence-corrected chi connectivity index (χ3v) is 2.90. The highest BCUT2D eigenvalue weighted by Gasteiger charge is 2.23. The van der Waals surface area contributed by atoms with Gasteiger partial charge >= 0.3 is 5.97 Å². The Labute approximate surface area is 115 Å². The van der Waals surface area contributed by atoms with Crippen LogP contribution in [0.4, 0.5) is 0 Å². The van der Waals surface area contributed by atoms with Crippen LogP contribution in [0.5, 0.6) is 0 Å². The van der Waals surface area contributed by atoms with Gasteiger partial charge in [-0.1, -0.05) is 0 Å². The molecule has 20 heavy (non-hydrogen) atoms. The monoisotopic (exact) mass is 277 g/mol. The van der Waals surface area contributed by atoms with Crippen LogP contribution in [0, 0.1) is 6.92 Å². The summed E-state index contributed by atoms with van der Waals surface area (Å²) in [6, 6.07) is 3.51. The molecule has 1 N–H and O–H groups in total. The summed E-state index contributed by atoms with van der Waals surface area (Å²) < 4.78 is 10.3. The Hall–Kier alpha value is -2.50.